The third kappa shape index (κ3) is 11.5. The van der Waals surface area contributed by atoms with Crippen molar-refractivity contribution in [2.24, 2.45) is 4.99 Å². The van der Waals surface area contributed by atoms with Crippen LogP contribution in [0.1, 0.15) is 5.82 Å². The number of rotatable bonds is 0. The molecule has 0 aliphatic rings. The maximum absolute atomic E-state index is 3.79. The molecule has 1 aromatic heterocycles. The predicted octanol–water partition coefficient (Wildman–Crippen LogP) is -0.566. The maximum atomic E-state index is 3.79. The molecule has 0 atom stereocenters. The molecular formula is C5H7N4Y4-. The van der Waals surface area contributed by atoms with Gasteiger partial charge in [0.05, 0.1) is 0 Å². The van der Waals surface area contributed by atoms with Gasteiger partial charge in [-0.05, 0) is 5.82 Å². The Morgan fingerprint density at radius 1 is 1.15 bits per heavy atom. The van der Waals surface area contributed by atoms with Crippen LogP contribution in [0.15, 0.2) is 4.99 Å². The summed E-state index contributed by atoms with van der Waals surface area (Å²) >= 11 is 0. The number of aryl methyl sites for hydroxylation is 1. The van der Waals surface area contributed by atoms with Crippen LogP contribution in [0.2, 0.25) is 0 Å². The van der Waals surface area contributed by atoms with Gasteiger partial charge >= 0.3 is 0 Å². The maximum Gasteiger partial charge on any atom is 0.109 e. The molecule has 0 fully saturated rings. The van der Waals surface area contributed by atoms with E-state index in [1.807, 2.05) is 6.92 Å². The number of aromatic amines is 1. The third-order valence-corrected chi connectivity index (χ3v) is 0.878. The fraction of sp³-hybridized carbons (Fsp3) is 0.400. The van der Waals surface area contributed by atoms with Crippen molar-refractivity contribution in [1.82, 2.24) is 15.0 Å². The van der Waals surface area contributed by atoms with Gasteiger partial charge in [-0.3, -0.25) is 0 Å². The SMILES string of the molecule is CN=c1n[c-]nc(C)[nH]1.[Y].[Y].[Y].[Y]. The molecule has 0 aliphatic carbocycles. The van der Waals surface area contributed by atoms with Crippen molar-refractivity contribution in [1.29, 1.82) is 0 Å². The van der Waals surface area contributed by atoms with E-state index in [2.05, 4.69) is 26.3 Å². The summed E-state index contributed by atoms with van der Waals surface area (Å²) < 4.78 is 0. The average Bonchev–Trinajstić information content (AvgIpc) is 1.88. The molecule has 1 N–H and O–H groups in total. The number of hydrogen-bond acceptors (Lipinski definition) is 3. The molecule has 0 unspecified atom stereocenters. The largest absolute Gasteiger partial charge is 0.419 e. The summed E-state index contributed by atoms with van der Waals surface area (Å²) in [5, 5.41) is 0. The Bertz CT molecular complexity index is 261. The molecule has 0 bridgehead atoms. The number of hydrogen-bond donors (Lipinski definition) is 1. The number of aromatic nitrogens is 3. The van der Waals surface area contributed by atoms with Gasteiger partial charge in [0.1, 0.15) is 5.62 Å². The smallest absolute Gasteiger partial charge is 0.109 e. The van der Waals surface area contributed by atoms with Gasteiger partial charge in [-0.15, -0.1) is 0 Å². The van der Waals surface area contributed by atoms with E-state index in [0.29, 0.717) is 5.62 Å². The minimum absolute atomic E-state index is 0. The summed E-state index contributed by atoms with van der Waals surface area (Å²) in [4.78, 5) is 14.1. The van der Waals surface area contributed by atoms with Gasteiger partial charge in [-0.1, -0.05) is 6.92 Å². The summed E-state index contributed by atoms with van der Waals surface area (Å²) in [5.74, 6) is 0.769. The molecule has 8 heteroatoms. The Kier molecular flexibility index (Phi) is 29.5. The number of nitrogens with zero attached hydrogens (tertiary/aromatic N) is 3. The molecule has 4 nitrogen and oxygen atoms in total. The van der Waals surface area contributed by atoms with Gasteiger partial charge < -0.3 is 19.9 Å². The van der Waals surface area contributed by atoms with Gasteiger partial charge in [0.15, 0.2) is 0 Å². The van der Waals surface area contributed by atoms with Crippen molar-refractivity contribution >= 4 is 0 Å². The average molecular weight is 479 g/mol. The molecule has 4 radical (unpaired) electrons. The first-order valence-electron chi connectivity index (χ1n) is 2.57. The second-order valence-corrected chi connectivity index (χ2v) is 1.58. The van der Waals surface area contributed by atoms with Gasteiger partial charge in [-0.25, -0.2) is 0 Å². The molecule has 1 aromatic rings. The van der Waals surface area contributed by atoms with E-state index in [1.54, 1.807) is 7.05 Å². The molecule has 0 aromatic carbocycles. The molecule has 0 aliphatic heterocycles. The Morgan fingerprint density at radius 2 is 1.69 bits per heavy atom. The molecule has 0 spiro atoms. The zero-order valence-electron chi connectivity index (χ0n) is 7.65. The molecule has 13 heavy (non-hydrogen) atoms. The monoisotopic (exact) mass is 479 g/mol. The van der Waals surface area contributed by atoms with Crippen LogP contribution in [0.4, 0.5) is 0 Å². The quantitative estimate of drug-likeness (QED) is 0.508. The zero-order chi connectivity index (χ0) is 6.69. The molecule has 1 heterocycles. The van der Waals surface area contributed by atoms with Crippen LogP contribution in [0, 0.1) is 13.3 Å². The van der Waals surface area contributed by atoms with Crippen LogP contribution in [0.3, 0.4) is 0 Å². The first-order valence-corrected chi connectivity index (χ1v) is 2.57. The van der Waals surface area contributed by atoms with E-state index in [9.17, 15) is 0 Å². The minimum atomic E-state index is 0. The van der Waals surface area contributed by atoms with Gasteiger partial charge in [0.25, 0.3) is 0 Å². The molecule has 0 saturated heterocycles. The van der Waals surface area contributed by atoms with Crippen LogP contribution in [-0.2, 0) is 131 Å². The summed E-state index contributed by atoms with van der Waals surface area (Å²) in [5.41, 5.74) is 0.558. The van der Waals surface area contributed by atoms with E-state index in [-0.39, 0.29) is 131 Å². The van der Waals surface area contributed by atoms with Crippen molar-refractivity contribution in [3.8, 4) is 0 Å². The van der Waals surface area contributed by atoms with Crippen LogP contribution in [0.5, 0.6) is 0 Å². The summed E-state index contributed by atoms with van der Waals surface area (Å²) in [6, 6.07) is 0. The van der Waals surface area contributed by atoms with Crippen LogP contribution in [-0.4, -0.2) is 22.0 Å². The Labute approximate surface area is 178 Å². The normalized spacial score (nSPS) is 8.31. The second-order valence-electron chi connectivity index (χ2n) is 1.58. The van der Waals surface area contributed by atoms with E-state index >= 15 is 0 Å². The summed E-state index contributed by atoms with van der Waals surface area (Å²) in [6.07, 6.45) is 2.46. The molecule has 0 amide bonds. The number of H-pyrrole nitrogens is 1. The standard InChI is InChI=1S/C5H7N4.4Y/c1-4-7-3-8-5(6-2)9-4;;;;/h1-2H3,(H,6,7,8,9);;;;/q-1;;;;. The van der Waals surface area contributed by atoms with E-state index in [1.165, 1.54) is 0 Å². The zero-order valence-corrected chi connectivity index (χ0v) is 19.0. The van der Waals surface area contributed by atoms with E-state index in [0.717, 1.165) is 5.82 Å². The van der Waals surface area contributed by atoms with Gasteiger partial charge in [0, 0.05) is 144 Å². The number of nitrogens with one attached hydrogen (secondary N) is 1. The molecule has 60 valence electrons. The van der Waals surface area contributed by atoms with Gasteiger partial charge in [0.2, 0.25) is 0 Å². The van der Waals surface area contributed by atoms with Gasteiger partial charge in [-0.2, -0.15) is 0 Å². The fourth-order valence-electron chi connectivity index (χ4n) is 0.471. The summed E-state index contributed by atoms with van der Waals surface area (Å²) in [6.45, 7) is 1.83. The Balaban J connectivity index is -0.000000101. The molecule has 0 saturated carbocycles. The van der Waals surface area contributed by atoms with Crippen molar-refractivity contribution in [3.05, 3.63) is 17.8 Å². The summed E-state index contributed by atoms with van der Waals surface area (Å²) in [7, 11) is 1.66. The molecule has 1 rings (SSSR count). The van der Waals surface area contributed by atoms with Crippen molar-refractivity contribution in [2.45, 2.75) is 6.92 Å². The van der Waals surface area contributed by atoms with Crippen LogP contribution >= 0.6 is 0 Å². The van der Waals surface area contributed by atoms with Crippen molar-refractivity contribution in [3.63, 3.8) is 0 Å². The van der Waals surface area contributed by atoms with Crippen molar-refractivity contribution in [2.75, 3.05) is 7.05 Å². The van der Waals surface area contributed by atoms with E-state index in [4.69, 9.17) is 0 Å². The second kappa shape index (κ2) is 15.2. The van der Waals surface area contributed by atoms with Crippen molar-refractivity contribution < 1.29 is 131 Å². The van der Waals surface area contributed by atoms with Crippen LogP contribution in [0.25, 0.3) is 0 Å². The topological polar surface area (TPSA) is 53.9 Å². The first kappa shape index (κ1) is 25.2. The first-order chi connectivity index (χ1) is 4.33. The Hall–Kier alpha value is 3.23. The van der Waals surface area contributed by atoms with E-state index < -0.39 is 0 Å². The van der Waals surface area contributed by atoms with Crippen LogP contribution < -0.4 is 5.62 Å². The Morgan fingerprint density at radius 3 is 2.00 bits per heavy atom. The molecular weight excluding hydrogens is 472 g/mol. The third-order valence-electron chi connectivity index (χ3n) is 0.878. The fourth-order valence-corrected chi connectivity index (χ4v) is 0.471. The minimum Gasteiger partial charge on any atom is -0.419 e. The predicted molar refractivity (Wildman–Crippen MR) is 31.4 cm³/mol.